The third kappa shape index (κ3) is 3.86. The third-order valence-electron chi connectivity index (χ3n) is 3.64. The number of aliphatic imine (C=N–C) groups is 1. The van der Waals surface area contributed by atoms with E-state index < -0.39 is 0 Å². The van der Waals surface area contributed by atoms with Gasteiger partial charge in [-0.2, -0.15) is 10.3 Å². The molecule has 2 heterocycles. The average molecular weight is 368 g/mol. The van der Waals surface area contributed by atoms with Crippen molar-refractivity contribution in [3.63, 3.8) is 0 Å². The SMILES string of the molecule is CCCCSc1c(C#N)cnc2ccc(C=C3SC(N)=NC3=O)cc12. The number of fused-ring (bicyclic) bond motifs is 1. The molecule has 5 nitrogen and oxygen atoms in total. The lowest BCUT2D eigenvalue weighted by atomic mass is 10.1. The Morgan fingerprint density at radius 3 is 2.96 bits per heavy atom. The highest BCUT2D eigenvalue weighted by Gasteiger charge is 2.19. The maximum atomic E-state index is 11.8. The summed E-state index contributed by atoms with van der Waals surface area (Å²) in [4.78, 5) is 21.3. The molecule has 1 aromatic carbocycles. The molecule has 0 fully saturated rings. The van der Waals surface area contributed by atoms with Gasteiger partial charge in [0.25, 0.3) is 5.91 Å². The molecule has 0 unspecified atom stereocenters. The summed E-state index contributed by atoms with van der Waals surface area (Å²) in [5, 5.41) is 10.6. The van der Waals surface area contributed by atoms with Crippen molar-refractivity contribution in [2.75, 3.05) is 5.75 Å². The summed E-state index contributed by atoms with van der Waals surface area (Å²) in [5.41, 5.74) is 7.87. The molecule has 0 saturated carbocycles. The number of thioether (sulfide) groups is 2. The minimum atomic E-state index is -0.316. The van der Waals surface area contributed by atoms with E-state index in [0.717, 1.165) is 40.0 Å². The molecule has 126 valence electrons. The molecule has 0 atom stereocenters. The number of benzene rings is 1. The van der Waals surface area contributed by atoms with Gasteiger partial charge in [0.05, 0.1) is 16.0 Å². The number of carbonyl (C=O) groups is 1. The minimum Gasteiger partial charge on any atom is -0.378 e. The van der Waals surface area contributed by atoms with Crippen LogP contribution in [0, 0.1) is 11.3 Å². The number of carbonyl (C=O) groups excluding carboxylic acids is 1. The predicted octanol–water partition coefficient (Wildman–Crippen LogP) is 3.93. The highest BCUT2D eigenvalue weighted by Crippen LogP contribution is 2.33. The van der Waals surface area contributed by atoms with Gasteiger partial charge in [-0.3, -0.25) is 9.78 Å². The molecule has 0 spiro atoms. The molecule has 1 amide bonds. The zero-order valence-electron chi connectivity index (χ0n) is 13.7. The molecule has 3 rings (SSSR count). The number of rotatable bonds is 5. The molecular formula is C18H16N4OS2. The molecule has 2 aromatic rings. The minimum absolute atomic E-state index is 0.265. The number of aromatic nitrogens is 1. The van der Waals surface area contributed by atoms with E-state index in [2.05, 4.69) is 23.0 Å². The van der Waals surface area contributed by atoms with Crippen molar-refractivity contribution in [1.29, 1.82) is 5.26 Å². The van der Waals surface area contributed by atoms with Crippen LogP contribution >= 0.6 is 23.5 Å². The van der Waals surface area contributed by atoms with Crippen LogP contribution < -0.4 is 5.73 Å². The Kier molecular flexibility index (Phi) is 5.41. The van der Waals surface area contributed by atoms with Crippen LogP contribution in [-0.2, 0) is 4.79 Å². The highest BCUT2D eigenvalue weighted by molar-refractivity contribution is 8.18. The first kappa shape index (κ1) is 17.5. The van der Waals surface area contributed by atoms with Crippen molar-refractivity contribution >= 4 is 51.6 Å². The Hall–Kier alpha value is -2.30. The first-order chi connectivity index (χ1) is 12.1. The number of pyridine rings is 1. The average Bonchev–Trinajstić information content (AvgIpc) is 2.92. The van der Waals surface area contributed by atoms with Crippen LogP contribution in [0.1, 0.15) is 30.9 Å². The largest absolute Gasteiger partial charge is 0.378 e. The second-order valence-corrected chi connectivity index (χ2v) is 7.62. The van der Waals surface area contributed by atoms with E-state index >= 15 is 0 Å². The first-order valence-electron chi connectivity index (χ1n) is 7.86. The Morgan fingerprint density at radius 2 is 2.28 bits per heavy atom. The van der Waals surface area contributed by atoms with Crippen LogP contribution in [0.15, 0.2) is 39.2 Å². The van der Waals surface area contributed by atoms with E-state index in [1.54, 1.807) is 24.0 Å². The number of unbranched alkanes of at least 4 members (excludes halogenated alkanes) is 1. The van der Waals surface area contributed by atoms with Crippen molar-refractivity contribution < 1.29 is 4.79 Å². The number of nitrogens with two attached hydrogens (primary N) is 1. The number of hydrogen-bond acceptors (Lipinski definition) is 6. The van der Waals surface area contributed by atoms with Crippen LogP contribution in [0.2, 0.25) is 0 Å². The molecule has 1 aliphatic rings. The summed E-state index contributed by atoms with van der Waals surface area (Å²) in [6.45, 7) is 2.14. The second-order valence-electron chi connectivity index (χ2n) is 5.46. The van der Waals surface area contributed by atoms with E-state index in [0.29, 0.717) is 10.5 Å². The van der Waals surface area contributed by atoms with Crippen molar-refractivity contribution in [3.8, 4) is 6.07 Å². The highest BCUT2D eigenvalue weighted by atomic mass is 32.2. The Morgan fingerprint density at radius 1 is 1.44 bits per heavy atom. The monoisotopic (exact) mass is 368 g/mol. The summed E-state index contributed by atoms with van der Waals surface area (Å²) in [5.74, 6) is 0.637. The standard InChI is InChI=1S/C18H16N4OS2/c1-2-3-6-24-16-12(9-19)10-21-14-5-4-11(7-13(14)16)8-15-17(23)22-18(20)25-15/h4-5,7-8,10H,2-3,6H2,1H3,(H2,20,22,23). The number of hydrogen-bond donors (Lipinski definition) is 1. The van der Waals surface area contributed by atoms with Crippen LogP contribution in [0.5, 0.6) is 0 Å². The van der Waals surface area contributed by atoms with Gasteiger partial charge in [0.1, 0.15) is 6.07 Å². The van der Waals surface area contributed by atoms with Gasteiger partial charge in [0.15, 0.2) is 5.17 Å². The van der Waals surface area contributed by atoms with E-state index in [-0.39, 0.29) is 11.1 Å². The fourth-order valence-corrected chi connectivity index (χ4v) is 4.30. The predicted molar refractivity (Wildman–Crippen MR) is 104 cm³/mol. The zero-order chi connectivity index (χ0) is 17.8. The van der Waals surface area contributed by atoms with Gasteiger partial charge >= 0.3 is 0 Å². The van der Waals surface area contributed by atoms with Crippen LogP contribution in [-0.4, -0.2) is 21.8 Å². The maximum Gasteiger partial charge on any atom is 0.286 e. The van der Waals surface area contributed by atoms with Crippen LogP contribution in [0.4, 0.5) is 0 Å². The molecule has 2 N–H and O–H groups in total. The van der Waals surface area contributed by atoms with Gasteiger partial charge in [-0.25, -0.2) is 0 Å². The van der Waals surface area contributed by atoms with Gasteiger partial charge in [-0.05, 0) is 47.7 Å². The van der Waals surface area contributed by atoms with Crippen molar-refractivity contribution in [2.24, 2.45) is 10.7 Å². The molecule has 0 radical (unpaired) electrons. The van der Waals surface area contributed by atoms with Crippen molar-refractivity contribution in [1.82, 2.24) is 4.98 Å². The second kappa shape index (κ2) is 7.72. The Labute approximate surface area is 154 Å². The van der Waals surface area contributed by atoms with Gasteiger partial charge in [0, 0.05) is 16.5 Å². The van der Waals surface area contributed by atoms with Crippen molar-refractivity contribution in [3.05, 3.63) is 40.4 Å². The molecule has 25 heavy (non-hydrogen) atoms. The van der Waals surface area contributed by atoms with Crippen LogP contribution in [0.25, 0.3) is 17.0 Å². The topological polar surface area (TPSA) is 92.1 Å². The number of nitriles is 1. The summed E-state index contributed by atoms with van der Waals surface area (Å²) in [6.07, 6.45) is 5.59. The lowest BCUT2D eigenvalue weighted by Crippen LogP contribution is -2.01. The molecule has 0 bridgehead atoms. The molecule has 0 saturated heterocycles. The van der Waals surface area contributed by atoms with E-state index in [1.807, 2.05) is 18.2 Å². The van der Waals surface area contributed by atoms with Gasteiger partial charge in [-0.15, -0.1) is 11.8 Å². The van der Waals surface area contributed by atoms with E-state index in [4.69, 9.17) is 5.73 Å². The van der Waals surface area contributed by atoms with Gasteiger partial charge < -0.3 is 5.73 Å². The van der Waals surface area contributed by atoms with Gasteiger partial charge in [-0.1, -0.05) is 19.4 Å². The molecule has 1 aliphatic heterocycles. The summed E-state index contributed by atoms with van der Waals surface area (Å²) in [6, 6.07) is 8.00. The fraction of sp³-hybridized carbons (Fsp3) is 0.222. The van der Waals surface area contributed by atoms with E-state index in [9.17, 15) is 10.1 Å². The van der Waals surface area contributed by atoms with Crippen LogP contribution in [0.3, 0.4) is 0 Å². The Balaban J connectivity index is 2.03. The molecule has 0 aliphatic carbocycles. The molecular weight excluding hydrogens is 352 g/mol. The summed E-state index contributed by atoms with van der Waals surface area (Å²) < 4.78 is 0. The number of amidine groups is 1. The first-order valence-corrected chi connectivity index (χ1v) is 9.66. The van der Waals surface area contributed by atoms with E-state index in [1.165, 1.54) is 11.8 Å². The normalized spacial score (nSPS) is 15.6. The molecule has 1 aromatic heterocycles. The maximum absolute atomic E-state index is 11.8. The van der Waals surface area contributed by atoms with Crippen molar-refractivity contribution in [2.45, 2.75) is 24.7 Å². The number of amides is 1. The Bertz CT molecular complexity index is 944. The number of nitrogens with zero attached hydrogens (tertiary/aromatic N) is 3. The fourth-order valence-electron chi connectivity index (χ4n) is 2.41. The quantitative estimate of drug-likeness (QED) is 0.488. The summed E-state index contributed by atoms with van der Waals surface area (Å²) in [7, 11) is 0. The van der Waals surface area contributed by atoms with Gasteiger partial charge in [0.2, 0.25) is 0 Å². The smallest absolute Gasteiger partial charge is 0.286 e. The third-order valence-corrected chi connectivity index (χ3v) is 5.68. The molecule has 7 heteroatoms. The summed E-state index contributed by atoms with van der Waals surface area (Å²) >= 11 is 2.85. The zero-order valence-corrected chi connectivity index (χ0v) is 15.3. The lowest BCUT2D eigenvalue weighted by Gasteiger charge is -2.09. The lowest BCUT2D eigenvalue weighted by molar-refractivity contribution is -0.113.